The van der Waals surface area contributed by atoms with Crippen molar-refractivity contribution in [3.63, 3.8) is 0 Å². The lowest BCUT2D eigenvalue weighted by atomic mass is 10.00. The summed E-state index contributed by atoms with van der Waals surface area (Å²) in [6.07, 6.45) is 2.80. The largest absolute Gasteiger partial charge is 0.493 e. The van der Waals surface area contributed by atoms with Crippen LogP contribution in [0.2, 0.25) is 0 Å². The van der Waals surface area contributed by atoms with Crippen LogP contribution in [0.5, 0.6) is 5.75 Å². The number of hydrogen-bond donors (Lipinski definition) is 2. The van der Waals surface area contributed by atoms with Crippen LogP contribution in [0.15, 0.2) is 53.4 Å². The highest BCUT2D eigenvalue weighted by Crippen LogP contribution is 2.32. The molecule has 2 aliphatic rings. The Morgan fingerprint density at radius 1 is 1.07 bits per heavy atom. The molecule has 1 heterocycles. The summed E-state index contributed by atoms with van der Waals surface area (Å²) in [4.78, 5) is 12.8. The topological polar surface area (TPSA) is 84.5 Å². The number of rotatable bonds is 6. The SMILES string of the molecule is O=C(NC1CCOc2ccccc21)c1cccc(S(=O)(=O)NCC2CC2)c1. The Morgan fingerprint density at radius 3 is 2.70 bits per heavy atom. The van der Waals surface area contributed by atoms with Crippen LogP contribution in [-0.4, -0.2) is 27.5 Å². The maximum atomic E-state index is 12.7. The summed E-state index contributed by atoms with van der Waals surface area (Å²) in [5.74, 6) is 0.922. The quantitative estimate of drug-likeness (QED) is 0.799. The zero-order valence-electron chi connectivity index (χ0n) is 14.9. The first kappa shape index (κ1) is 18.0. The zero-order chi connectivity index (χ0) is 18.9. The third-order valence-electron chi connectivity index (χ3n) is 4.93. The first-order valence-corrected chi connectivity index (χ1v) is 10.6. The fraction of sp³-hybridized carbons (Fsp3) is 0.350. The predicted molar refractivity (Wildman–Crippen MR) is 101 cm³/mol. The molecule has 2 aromatic rings. The first-order chi connectivity index (χ1) is 13.0. The molecule has 0 radical (unpaired) electrons. The van der Waals surface area contributed by atoms with Gasteiger partial charge in [0.25, 0.3) is 5.91 Å². The van der Waals surface area contributed by atoms with Crippen LogP contribution in [-0.2, 0) is 10.0 Å². The number of sulfonamides is 1. The van der Waals surface area contributed by atoms with E-state index in [1.54, 1.807) is 12.1 Å². The molecule has 1 atom stereocenters. The van der Waals surface area contributed by atoms with Crippen molar-refractivity contribution < 1.29 is 17.9 Å². The first-order valence-electron chi connectivity index (χ1n) is 9.15. The molecule has 6 nitrogen and oxygen atoms in total. The lowest BCUT2D eigenvalue weighted by molar-refractivity contribution is 0.0924. The van der Waals surface area contributed by atoms with E-state index in [0.29, 0.717) is 31.1 Å². The van der Waals surface area contributed by atoms with E-state index in [-0.39, 0.29) is 16.8 Å². The van der Waals surface area contributed by atoms with Gasteiger partial charge in [-0.2, -0.15) is 0 Å². The highest BCUT2D eigenvalue weighted by atomic mass is 32.2. The summed E-state index contributed by atoms with van der Waals surface area (Å²) in [6.45, 7) is 0.985. The van der Waals surface area contributed by atoms with E-state index in [2.05, 4.69) is 10.0 Å². The highest BCUT2D eigenvalue weighted by molar-refractivity contribution is 7.89. The second-order valence-electron chi connectivity index (χ2n) is 7.02. The number of carbonyl (C=O) groups is 1. The Kier molecular flexibility index (Phi) is 4.88. The van der Waals surface area contributed by atoms with Gasteiger partial charge in [0.15, 0.2) is 0 Å². The van der Waals surface area contributed by atoms with E-state index < -0.39 is 10.0 Å². The van der Waals surface area contributed by atoms with Gasteiger partial charge >= 0.3 is 0 Å². The van der Waals surface area contributed by atoms with Crippen LogP contribution in [0, 0.1) is 5.92 Å². The average Bonchev–Trinajstić information content (AvgIpc) is 3.51. The Bertz CT molecular complexity index is 954. The number of fused-ring (bicyclic) bond motifs is 1. The fourth-order valence-electron chi connectivity index (χ4n) is 3.17. The molecule has 0 spiro atoms. The molecule has 0 bridgehead atoms. The Balaban J connectivity index is 1.50. The monoisotopic (exact) mass is 386 g/mol. The summed E-state index contributed by atoms with van der Waals surface area (Å²) in [5, 5.41) is 3.00. The van der Waals surface area contributed by atoms with Gasteiger partial charge in [0.2, 0.25) is 10.0 Å². The Labute approximate surface area is 159 Å². The van der Waals surface area contributed by atoms with E-state index in [0.717, 1.165) is 24.2 Å². The van der Waals surface area contributed by atoms with E-state index in [4.69, 9.17) is 4.74 Å². The van der Waals surface area contributed by atoms with E-state index >= 15 is 0 Å². The van der Waals surface area contributed by atoms with E-state index in [1.165, 1.54) is 12.1 Å². The second-order valence-corrected chi connectivity index (χ2v) is 8.79. The maximum Gasteiger partial charge on any atom is 0.251 e. The van der Waals surface area contributed by atoms with Crippen molar-refractivity contribution in [2.24, 2.45) is 5.92 Å². The minimum atomic E-state index is -3.60. The van der Waals surface area contributed by atoms with Crippen LogP contribution >= 0.6 is 0 Å². The van der Waals surface area contributed by atoms with Crippen LogP contribution in [0.3, 0.4) is 0 Å². The van der Waals surface area contributed by atoms with Crippen LogP contribution in [0.25, 0.3) is 0 Å². The molecule has 4 rings (SSSR count). The van der Waals surface area contributed by atoms with Gasteiger partial charge in [-0.25, -0.2) is 13.1 Å². The van der Waals surface area contributed by atoms with Crippen LogP contribution in [0.1, 0.15) is 41.2 Å². The van der Waals surface area contributed by atoms with Crippen molar-refractivity contribution in [1.82, 2.24) is 10.0 Å². The smallest absolute Gasteiger partial charge is 0.251 e. The van der Waals surface area contributed by atoms with Gasteiger partial charge in [-0.15, -0.1) is 0 Å². The average molecular weight is 386 g/mol. The molecule has 1 saturated carbocycles. The molecule has 0 saturated heterocycles. The Hall–Kier alpha value is -2.38. The normalized spacial score (nSPS) is 19.0. The van der Waals surface area contributed by atoms with Gasteiger partial charge in [-0.05, 0) is 43.0 Å². The molecular formula is C20H22N2O4S. The van der Waals surface area contributed by atoms with Crippen molar-refractivity contribution in [2.75, 3.05) is 13.2 Å². The van der Waals surface area contributed by atoms with E-state index in [1.807, 2.05) is 24.3 Å². The summed E-state index contributed by atoms with van der Waals surface area (Å²) in [7, 11) is -3.60. The highest BCUT2D eigenvalue weighted by Gasteiger charge is 2.26. The number of amides is 1. The van der Waals surface area contributed by atoms with Crippen molar-refractivity contribution in [3.8, 4) is 5.75 Å². The molecule has 142 valence electrons. The second kappa shape index (κ2) is 7.32. The molecule has 1 aliphatic heterocycles. The third-order valence-corrected chi connectivity index (χ3v) is 6.35. The maximum absolute atomic E-state index is 12.7. The Morgan fingerprint density at radius 2 is 1.89 bits per heavy atom. The lowest BCUT2D eigenvalue weighted by Gasteiger charge is -2.26. The number of carbonyl (C=O) groups excluding carboxylic acids is 1. The molecule has 27 heavy (non-hydrogen) atoms. The predicted octanol–water partition coefficient (Wildman–Crippen LogP) is 2.63. The molecule has 1 aliphatic carbocycles. The summed E-state index contributed by atoms with van der Waals surface area (Å²) in [5.41, 5.74) is 1.26. The molecule has 1 fully saturated rings. The fourth-order valence-corrected chi connectivity index (χ4v) is 4.33. The third kappa shape index (κ3) is 4.14. The summed E-state index contributed by atoms with van der Waals surface area (Å²) < 4.78 is 33.1. The van der Waals surface area contributed by atoms with Gasteiger partial charge in [0.05, 0.1) is 17.5 Å². The van der Waals surface area contributed by atoms with Crippen LogP contribution < -0.4 is 14.8 Å². The van der Waals surface area contributed by atoms with Crippen molar-refractivity contribution in [2.45, 2.75) is 30.2 Å². The minimum absolute atomic E-state index is 0.114. The number of para-hydroxylation sites is 1. The minimum Gasteiger partial charge on any atom is -0.493 e. The molecule has 0 aromatic heterocycles. The van der Waals surface area contributed by atoms with Gasteiger partial charge in [0.1, 0.15) is 5.75 Å². The number of nitrogens with one attached hydrogen (secondary N) is 2. The summed E-state index contributed by atoms with van der Waals surface area (Å²) in [6, 6.07) is 13.6. The molecular weight excluding hydrogens is 364 g/mol. The zero-order valence-corrected chi connectivity index (χ0v) is 15.7. The molecule has 1 amide bonds. The summed E-state index contributed by atoms with van der Waals surface area (Å²) >= 11 is 0. The molecule has 2 aromatic carbocycles. The van der Waals surface area contributed by atoms with Gasteiger partial charge in [-0.1, -0.05) is 24.3 Å². The number of ether oxygens (including phenoxy) is 1. The van der Waals surface area contributed by atoms with Crippen molar-refractivity contribution >= 4 is 15.9 Å². The number of benzene rings is 2. The number of hydrogen-bond acceptors (Lipinski definition) is 4. The van der Waals surface area contributed by atoms with Crippen LogP contribution in [0.4, 0.5) is 0 Å². The van der Waals surface area contributed by atoms with Gasteiger partial charge in [-0.3, -0.25) is 4.79 Å². The van der Waals surface area contributed by atoms with Crippen molar-refractivity contribution in [3.05, 3.63) is 59.7 Å². The van der Waals surface area contributed by atoms with Gasteiger partial charge < -0.3 is 10.1 Å². The lowest BCUT2D eigenvalue weighted by Crippen LogP contribution is -2.32. The standard InChI is InChI=1S/C20H22N2O4S/c23-20(22-18-10-11-26-19-7-2-1-6-17(18)19)15-4-3-5-16(12-15)27(24,25)21-13-14-8-9-14/h1-7,12,14,18,21H,8-11,13H2,(H,22,23). The molecule has 1 unspecified atom stereocenters. The van der Waals surface area contributed by atoms with Crippen molar-refractivity contribution in [1.29, 1.82) is 0 Å². The molecule has 2 N–H and O–H groups in total. The van der Waals surface area contributed by atoms with E-state index in [9.17, 15) is 13.2 Å². The molecule has 7 heteroatoms. The van der Waals surface area contributed by atoms with Gasteiger partial charge in [0, 0.05) is 24.1 Å².